The molecule has 1 amide bonds. The molecular formula is C20H17NO3. The molecule has 0 aliphatic carbocycles. The van der Waals surface area contributed by atoms with E-state index in [0.29, 0.717) is 23.2 Å². The lowest BCUT2D eigenvalue weighted by Gasteiger charge is -2.11. The Bertz CT molecular complexity index is 909. The third-order valence-electron chi connectivity index (χ3n) is 3.82. The number of benzene rings is 2. The summed E-state index contributed by atoms with van der Waals surface area (Å²) in [4.78, 5) is 23.5. The van der Waals surface area contributed by atoms with Gasteiger partial charge < -0.3 is 9.73 Å². The highest BCUT2D eigenvalue weighted by Crippen LogP contribution is 2.27. The number of nitrogens with one attached hydrogen (secondary N) is 1. The van der Waals surface area contributed by atoms with E-state index in [4.69, 9.17) is 4.42 Å². The number of aryl methyl sites for hydroxylation is 2. The maximum atomic E-state index is 12.7. The van der Waals surface area contributed by atoms with Crippen LogP contribution in [0.4, 0.5) is 5.69 Å². The number of hydrogen-bond donors (Lipinski definition) is 1. The Balaban J connectivity index is 1.96. The van der Waals surface area contributed by atoms with Crippen LogP contribution in [-0.2, 0) is 0 Å². The number of amides is 1. The van der Waals surface area contributed by atoms with Crippen molar-refractivity contribution < 1.29 is 14.0 Å². The van der Waals surface area contributed by atoms with E-state index in [0.717, 1.165) is 16.8 Å². The first-order valence-corrected chi connectivity index (χ1v) is 7.61. The smallest absolute Gasteiger partial charge is 0.256 e. The molecule has 3 aromatic rings. The van der Waals surface area contributed by atoms with Crippen LogP contribution in [0.2, 0.25) is 0 Å². The number of aldehydes is 1. The van der Waals surface area contributed by atoms with E-state index in [-0.39, 0.29) is 11.7 Å². The SMILES string of the molecule is Cc1ccc(C)c(NC(=O)c2ccccc2-c2ccc(C=O)o2)c1. The van der Waals surface area contributed by atoms with E-state index in [2.05, 4.69) is 5.32 Å². The van der Waals surface area contributed by atoms with Gasteiger partial charge in [-0.05, 0) is 49.2 Å². The second-order valence-electron chi connectivity index (χ2n) is 5.64. The van der Waals surface area contributed by atoms with Gasteiger partial charge in [-0.1, -0.05) is 30.3 Å². The molecule has 4 heteroatoms. The van der Waals surface area contributed by atoms with E-state index in [1.54, 1.807) is 30.3 Å². The quantitative estimate of drug-likeness (QED) is 0.713. The Hall–Kier alpha value is -3.14. The van der Waals surface area contributed by atoms with Crippen LogP contribution in [-0.4, -0.2) is 12.2 Å². The van der Waals surface area contributed by atoms with Crippen LogP contribution in [0.25, 0.3) is 11.3 Å². The standard InChI is InChI=1S/C20H17NO3/c1-13-7-8-14(2)18(11-13)21-20(23)17-6-4-3-5-16(17)19-10-9-15(12-22)24-19/h3-12H,1-2H3,(H,21,23). The Morgan fingerprint density at radius 1 is 1.04 bits per heavy atom. The summed E-state index contributed by atoms with van der Waals surface area (Å²) in [7, 11) is 0. The van der Waals surface area contributed by atoms with Crippen molar-refractivity contribution in [1.29, 1.82) is 0 Å². The average Bonchev–Trinajstić information content (AvgIpc) is 3.07. The summed E-state index contributed by atoms with van der Waals surface area (Å²) in [5.74, 6) is 0.502. The van der Waals surface area contributed by atoms with E-state index < -0.39 is 0 Å². The third-order valence-corrected chi connectivity index (χ3v) is 3.82. The van der Waals surface area contributed by atoms with Gasteiger partial charge in [0.1, 0.15) is 5.76 Å². The summed E-state index contributed by atoms with van der Waals surface area (Å²) in [6.07, 6.45) is 0.641. The van der Waals surface area contributed by atoms with Gasteiger partial charge in [-0.2, -0.15) is 0 Å². The molecule has 1 aromatic heterocycles. The van der Waals surface area contributed by atoms with Crippen molar-refractivity contribution in [2.24, 2.45) is 0 Å². The van der Waals surface area contributed by atoms with Crippen molar-refractivity contribution in [2.75, 3.05) is 5.32 Å². The first-order valence-electron chi connectivity index (χ1n) is 7.61. The third kappa shape index (κ3) is 3.13. The monoisotopic (exact) mass is 319 g/mol. The summed E-state index contributed by atoms with van der Waals surface area (Å²) in [6.45, 7) is 3.93. The molecule has 24 heavy (non-hydrogen) atoms. The molecule has 1 N–H and O–H groups in total. The lowest BCUT2D eigenvalue weighted by molar-refractivity contribution is 0.102. The zero-order valence-corrected chi connectivity index (χ0v) is 13.5. The normalized spacial score (nSPS) is 10.4. The van der Waals surface area contributed by atoms with Crippen molar-refractivity contribution in [3.05, 3.63) is 77.0 Å². The molecule has 0 saturated carbocycles. The Morgan fingerprint density at radius 3 is 2.58 bits per heavy atom. The van der Waals surface area contributed by atoms with Crippen LogP contribution in [0.1, 0.15) is 32.0 Å². The van der Waals surface area contributed by atoms with Crippen molar-refractivity contribution in [1.82, 2.24) is 0 Å². The summed E-state index contributed by atoms with van der Waals surface area (Å²) >= 11 is 0. The zero-order valence-electron chi connectivity index (χ0n) is 13.5. The number of anilines is 1. The van der Waals surface area contributed by atoms with Crippen molar-refractivity contribution in [3.63, 3.8) is 0 Å². The highest BCUT2D eigenvalue weighted by atomic mass is 16.3. The minimum Gasteiger partial charge on any atom is -0.453 e. The van der Waals surface area contributed by atoms with Crippen LogP contribution < -0.4 is 5.32 Å². The van der Waals surface area contributed by atoms with Gasteiger partial charge in [0.2, 0.25) is 0 Å². The summed E-state index contributed by atoms with van der Waals surface area (Å²) in [6, 6.07) is 16.3. The number of rotatable bonds is 4. The molecule has 0 unspecified atom stereocenters. The second kappa shape index (κ2) is 6.54. The summed E-state index contributed by atoms with van der Waals surface area (Å²) < 4.78 is 5.45. The fraction of sp³-hybridized carbons (Fsp3) is 0.100. The first-order chi connectivity index (χ1) is 11.6. The number of hydrogen-bond acceptors (Lipinski definition) is 3. The number of carbonyl (C=O) groups excluding carboxylic acids is 2. The molecule has 0 atom stereocenters. The highest BCUT2D eigenvalue weighted by Gasteiger charge is 2.16. The molecule has 4 nitrogen and oxygen atoms in total. The fourth-order valence-corrected chi connectivity index (χ4v) is 2.52. The number of carbonyl (C=O) groups is 2. The van der Waals surface area contributed by atoms with Crippen LogP contribution >= 0.6 is 0 Å². The predicted molar refractivity (Wildman–Crippen MR) is 93.4 cm³/mol. The molecule has 0 radical (unpaired) electrons. The lowest BCUT2D eigenvalue weighted by Crippen LogP contribution is -2.14. The fourth-order valence-electron chi connectivity index (χ4n) is 2.52. The largest absolute Gasteiger partial charge is 0.453 e. The van der Waals surface area contributed by atoms with Crippen molar-refractivity contribution in [3.8, 4) is 11.3 Å². The van der Waals surface area contributed by atoms with Crippen molar-refractivity contribution in [2.45, 2.75) is 13.8 Å². The summed E-state index contributed by atoms with van der Waals surface area (Å²) in [5.41, 5.74) is 3.99. The molecule has 0 aliphatic rings. The molecule has 2 aromatic carbocycles. The zero-order chi connectivity index (χ0) is 17.1. The number of furan rings is 1. The molecule has 0 bridgehead atoms. The molecule has 1 heterocycles. The van der Waals surface area contributed by atoms with Gasteiger partial charge >= 0.3 is 0 Å². The lowest BCUT2D eigenvalue weighted by atomic mass is 10.0. The van der Waals surface area contributed by atoms with Gasteiger partial charge in [0, 0.05) is 11.3 Å². The highest BCUT2D eigenvalue weighted by molar-refractivity contribution is 6.08. The van der Waals surface area contributed by atoms with Gasteiger partial charge in [0.05, 0.1) is 5.56 Å². The predicted octanol–water partition coefficient (Wildman–Crippen LogP) is 4.63. The maximum Gasteiger partial charge on any atom is 0.256 e. The van der Waals surface area contributed by atoms with Gasteiger partial charge in [0.15, 0.2) is 12.0 Å². The molecule has 0 spiro atoms. The van der Waals surface area contributed by atoms with E-state index in [1.165, 1.54) is 0 Å². The van der Waals surface area contributed by atoms with Gasteiger partial charge in [0.25, 0.3) is 5.91 Å². The Kier molecular flexibility index (Phi) is 4.29. The van der Waals surface area contributed by atoms with E-state index in [1.807, 2.05) is 38.1 Å². The molecular weight excluding hydrogens is 302 g/mol. The van der Waals surface area contributed by atoms with Crippen LogP contribution in [0, 0.1) is 13.8 Å². The Morgan fingerprint density at radius 2 is 1.83 bits per heavy atom. The van der Waals surface area contributed by atoms with Gasteiger partial charge in [-0.3, -0.25) is 9.59 Å². The second-order valence-corrected chi connectivity index (χ2v) is 5.64. The summed E-state index contributed by atoms with van der Waals surface area (Å²) in [5, 5.41) is 2.95. The maximum absolute atomic E-state index is 12.7. The Labute approximate surface area is 140 Å². The molecule has 0 aliphatic heterocycles. The van der Waals surface area contributed by atoms with E-state index >= 15 is 0 Å². The average molecular weight is 319 g/mol. The molecule has 120 valence electrons. The van der Waals surface area contributed by atoms with E-state index in [9.17, 15) is 9.59 Å². The van der Waals surface area contributed by atoms with Gasteiger partial charge in [-0.25, -0.2) is 0 Å². The minimum absolute atomic E-state index is 0.219. The van der Waals surface area contributed by atoms with Gasteiger partial charge in [-0.15, -0.1) is 0 Å². The molecule has 3 rings (SSSR count). The van der Waals surface area contributed by atoms with Crippen LogP contribution in [0.15, 0.2) is 59.0 Å². The minimum atomic E-state index is -0.219. The van der Waals surface area contributed by atoms with Crippen LogP contribution in [0.3, 0.4) is 0 Å². The van der Waals surface area contributed by atoms with Crippen LogP contribution in [0.5, 0.6) is 0 Å². The molecule has 0 fully saturated rings. The topological polar surface area (TPSA) is 59.3 Å². The van der Waals surface area contributed by atoms with Crippen molar-refractivity contribution >= 4 is 17.9 Å². The molecule has 0 saturated heterocycles. The first kappa shape index (κ1) is 15.7.